The van der Waals surface area contributed by atoms with Gasteiger partial charge in [0.15, 0.2) is 0 Å². The van der Waals surface area contributed by atoms with Gasteiger partial charge in [0.05, 0.1) is 22.1 Å². The van der Waals surface area contributed by atoms with Crippen LogP contribution in [0.25, 0.3) is 161 Å². The highest BCUT2D eigenvalue weighted by molar-refractivity contribution is 9.10. The van der Waals surface area contributed by atoms with Crippen molar-refractivity contribution in [3.63, 3.8) is 0 Å². The Morgan fingerprint density at radius 3 is 1.18 bits per heavy atom. The molecule has 0 atom stereocenters. The van der Waals surface area contributed by atoms with Gasteiger partial charge in [-0.3, -0.25) is 0 Å². The molecule has 0 aliphatic carbocycles. The molecule has 3 nitrogen and oxygen atoms in total. The Balaban J connectivity index is 0.000000122. The van der Waals surface area contributed by atoms with Gasteiger partial charge in [-0.25, -0.2) is 0 Å². The first-order chi connectivity index (χ1) is 52.9. The molecule has 4 heterocycles. The molecule has 0 unspecified atom stereocenters. The van der Waals surface area contributed by atoms with Crippen molar-refractivity contribution in [2.24, 2.45) is 0 Å². The van der Waals surface area contributed by atoms with Crippen molar-refractivity contribution < 1.29 is 0 Å². The standard InChI is InChI=1S/C50H32N2S.C28H16BrNS.C23H18.CH4/c1-3-11-33(12-4-1)35-19-23-39(24-20-35)51(40-25-21-34-13-7-8-14-36(34)29-40)41-26-27-46-44(31-41)45-32-43-37(30-47(45)52(46)38-15-5-2-6-16-38)22-28-49-50(43)42-17-9-10-18-48(42)53-49;29-18-11-12-24-22(15-18)23-16-21-17(14-25(23)30(24)19-6-2-1-3-7-19)10-13-27-28(21)20-8-4-5-9-26(20)31-27;1-2-6-20(7-3-1)22-13-10-18(11-14-22)16-19-12-15-21-8-4-5-9-23(21)17-19;/h1-32H;1-16H;1-15,17H,16H2;1H4. The van der Waals surface area contributed by atoms with Crippen LogP contribution in [-0.4, -0.2) is 9.13 Å². The van der Waals surface area contributed by atoms with Crippen LogP contribution in [0.1, 0.15) is 18.6 Å². The number of hydrogen-bond donors (Lipinski definition) is 0. The van der Waals surface area contributed by atoms with E-state index in [9.17, 15) is 0 Å². The molecule has 0 radical (unpaired) electrons. The summed E-state index contributed by atoms with van der Waals surface area (Å²) in [6.45, 7) is 0. The van der Waals surface area contributed by atoms with Crippen molar-refractivity contribution in [3.8, 4) is 33.6 Å². The van der Waals surface area contributed by atoms with E-state index in [1.165, 1.54) is 166 Å². The normalized spacial score (nSPS) is 11.5. The van der Waals surface area contributed by atoms with Gasteiger partial charge in [-0.1, -0.05) is 278 Å². The minimum Gasteiger partial charge on any atom is -0.310 e. The SMILES string of the molecule is Brc1ccc2c(c1)c1cc3c(ccc4sc5ccccc5c43)cc1n2-c1ccccc1.C.c1ccc(-c2ccc(Cc3ccc4ccccc4c3)cc2)cc1.c1ccc(-c2ccc(N(c3ccc4ccccc4c3)c3ccc4c(c3)c3cc5c(ccc6sc7ccccc7c65)cc3n4-c3ccccc3)cc2)cc1. The number of hydrogen-bond acceptors (Lipinski definition) is 3. The second-order valence-electron chi connectivity index (χ2n) is 27.7. The van der Waals surface area contributed by atoms with Crippen molar-refractivity contribution in [2.45, 2.75) is 13.8 Å². The van der Waals surface area contributed by atoms with Gasteiger partial charge >= 0.3 is 0 Å². The van der Waals surface area contributed by atoms with E-state index in [-0.39, 0.29) is 7.43 Å². The summed E-state index contributed by atoms with van der Waals surface area (Å²) in [5.41, 5.74) is 18.2. The molecular formula is C102H70BrN3S2. The fourth-order valence-corrected chi connectivity index (χ4v) is 18.8. The summed E-state index contributed by atoms with van der Waals surface area (Å²) in [6, 6.07) is 141. The minimum atomic E-state index is 0. The highest BCUT2D eigenvalue weighted by Crippen LogP contribution is 2.47. The highest BCUT2D eigenvalue weighted by atomic mass is 79.9. The van der Waals surface area contributed by atoms with Gasteiger partial charge in [-0.05, 0) is 216 Å². The predicted octanol–water partition coefficient (Wildman–Crippen LogP) is 30.4. The largest absolute Gasteiger partial charge is 0.310 e. The lowest BCUT2D eigenvalue weighted by atomic mass is 9.99. The summed E-state index contributed by atoms with van der Waals surface area (Å²) in [4.78, 5) is 2.40. The van der Waals surface area contributed by atoms with E-state index in [0.717, 1.165) is 33.6 Å². The van der Waals surface area contributed by atoms with Crippen molar-refractivity contribution in [2.75, 3.05) is 4.90 Å². The zero-order valence-corrected chi connectivity index (χ0v) is 61.4. The first kappa shape index (κ1) is 66.0. The van der Waals surface area contributed by atoms with Crippen LogP contribution in [-0.2, 0) is 6.42 Å². The first-order valence-corrected chi connectivity index (χ1v) is 38.8. The number of para-hydroxylation sites is 2. The van der Waals surface area contributed by atoms with Crippen LogP contribution in [0.15, 0.2) is 393 Å². The van der Waals surface area contributed by atoms with E-state index < -0.39 is 0 Å². The second-order valence-corrected chi connectivity index (χ2v) is 30.7. The molecule has 0 aliphatic rings. The first-order valence-electron chi connectivity index (χ1n) is 36.4. The molecule has 22 rings (SSSR count). The molecule has 0 bridgehead atoms. The Labute approximate surface area is 643 Å². The molecular weight excluding hydrogens is 1410 g/mol. The number of anilines is 3. The van der Waals surface area contributed by atoms with Crippen LogP contribution in [0.2, 0.25) is 0 Å². The van der Waals surface area contributed by atoms with Crippen LogP contribution >= 0.6 is 38.6 Å². The van der Waals surface area contributed by atoms with Crippen LogP contribution in [0.3, 0.4) is 0 Å². The molecule has 512 valence electrons. The molecule has 0 saturated heterocycles. The maximum absolute atomic E-state index is 3.69. The molecule has 0 fully saturated rings. The van der Waals surface area contributed by atoms with E-state index in [1.54, 1.807) is 0 Å². The molecule has 18 aromatic carbocycles. The van der Waals surface area contributed by atoms with Gasteiger partial charge in [0.2, 0.25) is 0 Å². The molecule has 22 aromatic rings. The van der Waals surface area contributed by atoms with Gasteiger partial charge in [-0.2, -0.15) is 0 Å². The molecule has 0 aliphatic heterocycles. The van der Waals surface area contributed by atoms with Crippen molar-refractivity contribution >= 4 is 183 Å². The Morgan fingerprint density at radius 1 is 0.241 bits per heavy atom. The van der Waals surface area contributed by atoms with Crippen molar-refractivity contribution in [1.82, 2.24) is 9.13 Å². The quantitative estimate of drug-likeness (QED) is 0.140. The highest BCUT2D eigenvalue weighted by Gasteiger charge is 2.22. The molecule has 108 heavy (non-hydrogen) atoms. The number of nitrogens with zero attached hydrogens (tertiary/aromatic N) is 3. The van der Waals surface area contributed by atoms with E-state index in [4.69, 9.17) is 0 Å². The Kier molecular flexibility index (Phi) is 17.1. The van der Waals surface area contributed by atoms with Crippen molar-refractivity contribution in [3.05, 3.63) is 404 Å². The lowest BCUT2D eigenvalue weighted by molar-refractivity contribution is 1.18. The summed E-state index contributed by atoms with van der Waals surface area (Å²) >= 11 is 7.45. The maximum atomic E-state index is 3.69. The lowest BCUT2D eigenvalue weighted by Crippen LogP contribution is -2.10. The number of thiophene rings is 2. The van der Waals surface area contributed by atoms with Crippen LogP contribution < -0.4 is 4.90 Å². The number of benzene rings is 18. The van der Waals surface area contributed by atoms with Gasteiger partial charge in [-0.15, -0.1) is 22.7 Å². The lowest BCUT2D eigenvalue weighted by Gasteiger charge is -2.26. The van der Waals surface area contributed by atoms with E-state index in [1.807, 2.05) is 22.7 Å². The zero-order chi connectivity index (χ0) is 70.9. The van der Waals surface area contributed by atoms with E-state index >= 15 is 0 Å². The van der Waals surface area contributed by atoms with Gasteiger partial charge in [0, 0.05) is 94.8 Å². The fraction of sp³-hybridized carbons (Fsp3) is 0.0196. The average molecular weight is 1480 g/mol. The Bertz CT molecular complexity index is 7140. The number of aromatic nitrogens is 2. The monoisotopic (exact) mass is 1480 g/mol. The van der Waals surface area contributed by atoms with Crippen LogP contribution in [0.5, 0.6) is 0 Å². The molecule has 0 spiro atoms. The van der Waals surface area contributed by atoms with Crippen molar-refractivity contribution in [1.29, 1.82) is 0 Å². The summed E-state index contributed by atoms with van der Waals surface area (Å²) < 4.78 is 11.3. The molecule has 4 aromatic heterocycles. The maximum Gasteiger partial charge on any atom is 0.0547 e. The fourth-order valence-electron chi connectivity index (χ4n) is 16.2. The molecule has 0 N–H and O–H groups in total. The van der Waals surface area contributed by atoms with E-state index in [0.29, 0.717) is 0 Å². The summed E-state index contributed by atoms with van der Waals surface area (Å²) in [6.07, 6.45) is 0.972. The Morgan fingerprint density at radius 2 is 0.630 bits per heavy atom. The molecule has 6 heteroatoms. The third-order valence-electron chi connectivity index (χ3n) is 21.2. The second kappa shape index (κ2) is 28.0. The summed E-state index contributed by atoms with van der Waals surface area (Å²) in [5.74, 6) is 0. The average Bonchev–Trinajstić information content (AvgIpc) is 1.57. The molecule has 0 saturated carbocycles. The smallest absolute Gasteiger partial charge is 0.0547 e. The van der Waals surface area contributed by atoms with Crippen LogP contribution in [0, 0.1) is 0 Å². The van der Waals surface area contributed by atoms with Crippen LogP contribution in [0.4, 0.5) is 17.1 Å². The number of fused-ring (bicyclic) bond motifs is 18. The number of halogens is 1. The van der Waals surface area contributed by atoms with Gasteiger partial charge in [0.1, 0.15) is 0 Å². The predicted molar refractivity (Wildman–Crippen MR) is 473 cm³/mol. The molecule has 0 amide bonds. The summed E-state index contributed by atoms with van der Waals surface area (Å²) in [7, 11) is 0. The number of rotatable bonds is 9. The summed E-state index contributed by atoms with van der Waals surface area (Å²) in [5, 5.41) is 20.6. The van der Waals surface area contributed by atoms with Gasteiger partial charge in [0.25, 0.3) is 0 Å². The van der Waals surface area contributed by atoms with E-state index in [2.05, 4.69) is 418 Å². The minimum absolute atomic E-state index is 0. The zero-order valence-electron chi connectivity index (χ0n) is 58.2. The van der Waals surface area contributed by atoms with Gasteiger partial charge < -0.3 is 14.0 Å². The Hall–Kier alpha value is -12.7. The third-order valence-corrected chi connectivity index (χ3v) is 24.0. The topological polar surface area (TPSA) is 13.1 Å². The third kappa shape index (κ3) is 12.0.